The molecule has 0 aliphatic rings. The van der Waals surface area contributed by atoms with Gasteiger partial charge in [-0.2, -0.15) is 0 Å². The van der Waals surface area contributed by atoms with Crippen molar-refractivity contribution in [2.24, 2.45) is 0 Å². The van der Waals surface area contributed by atoms with E-state index >= 15 is 0 Å². The van der Waals surface area contributed by atoms with Gasteiger partial charge in [0.05, 0.1) is 7.11 Å². The Hall–Kier alpha value is -1.68. The summed E-state index contributed by atoms with van der Waals surface area (Å²) in [6.07, 6.45) is 0.169. The molecule has 0 aliphatic carbocycles. The Kier molecular flexibility index (Phi) is 4.32. The molecule has 4 heteroatoms. The summed E-state index contributed by atoms with van der Waals surface area (Å²) in [5.41, 5.74) is 1.24. The van der Waals surface area contributed by atoms with Gasteiger partial charge in [-0.15, -0.1) is 0 Å². The summed E-state index contributed by atoms with van der Waals surface area (Å²) in [6.45, 7) is 0. The van der Waals surface area contributed by atoms with Gasteiger partial charge in [0.2, 0.25) is 0 Å². The van der Waals surface area contributed by atoms with Crippen LogP contribution in [0.15, 0.2) is 46.9 Å². The molecule has 0 saturated heterocycles. The van der Waals surface area contributed by atoms with Crippen LogP contribution in [-0.4, -0.2) is 12.9 Å². The zero-order valence-corrected chi connectivity index (χ0v) is 11.9. The Morgan fingerprint density at radius 3 is 2.47 bits per heavy atom. The van der Waals surface area contributed by atoms with Crippen molar-refractivity contribution in [3.05, 3.63) is 63.9 Å². The average molecular weight is 323 g/mol. The zero-order valence-electron chi connectivity index (χ0n) is 10.3. The van der Waals surface area contributed by atoms with E-state index in [1.807, 2.05) is 12.1 Å². The van der Waals surface area contributed by atoms with Crippen molar-refractivity contribution in [3.63, 3.8) is 0 Å². The number of Topliss-reactive ketones (excluding diaryl/α,β-unsaturated/α-hetero) is 1. The van der Waals surface area contributed by atoms with E-state index in [0.29, 0.717) is 11.1 Å². The molecule has 2 nitrogen and oxygen atoms in total. The molecule has 98 valence electrons. The number of methoxy groups -OCH3 is 1. The fourth-order valence-corrected chi connectivity index (χ4v) is 2.01. The van der Waals surface area contributed by atoms with E-state index in [1.54, 1.807) is 18.2 Å². The van der Waals surface area contributed by atoms with Crippen LogP contribution >= 0.6 is 15.9 Å². The predicted octanol–water partition coefficient (Wildman–Crippen LogP) is 4.02. The van der Waals surface area contributed by atoms with Crippen molar-refractivity contribution in [3.8, 4) is 5.75 Å². The largest absolute Gasteiger partial charge is 0.494 e. The molecule has 0 aliphatic heterocycles. The molecule has 2 aromatic rings. The van der Waals surface area contributed by atoms with E-state index in [0.717, 1.165) is 4.47 Å². The maximum absolute atomic E-state index is 13.5. The van der Waals surface area contributed by atoms with Crippen molar-refractivity contribution in [2.45, 2.75) is 6.42 Å². The highest BCUT2D eigenvalue weighted by Gasteiger charge is 2.09. The molecule has 0 N–H and O–H groups in total. The van der Waals surface area contributed by atoms with Crippen LogP contribution in [0.5, 0.6) is 5.75 Å². The third-order valence-corrected chi connectivity index (χ3v) is 3.28. The maximum atomic E-state index is 13.5. The summed E-state index contributed by atoms with van der Waals surface area (Å²) >= 11 is 3.31. The SMILES string of the molecule is COc1ccc(CC(=O)c2ccc(Br)cc2)cc1F. The van der Waals surface area contributed by atoms with Crippen molar-refractivity contribution >= 4 is 21.7 Å². The Morgan fingerprint density at radius 2 is 1.89 bits per heavy atom. The van der Waals surface area contributed by atoms with Gasteiger partial charge in [-0.05, 0) is 29.8 Å². The fraction of sp³-hybridized carbons (Fsp3) is 0.133. The van der Waals surface area contributed by atoms with Gasteiger partial charge in [-0.1, -0.05) is 34.1 Å². The number of carbonyl (C=O) groups is 1. The molecule has 0 fully saturated rings. The van der Waals surface area contributed by atoms with Crippen LogP contribution in [0.25, 0.3) is 0 Å². The molecular weight excluding hydrogens is 311 g/mol. The van der Waals surface area contributed by atoms with Crippen LogP contribution in [0, 0.1) is 5.82 Å². The third-order valence-electron chi connectivity index (χ3n) is 2.75. The first kappa shape index (κ1) is 13.7. The number of ketones is 1. The maximum Gasteiger partial charge on any atom is 0.167 e. The molecule has 2 aromatic carbocycles. The normalized spacial score (nSPS) is 10.3. The average Bonchev–Trinajstić information content (AvgIpc) is 2.39. The molecule has 0 bridgehead atoms. The van der Waals surface area contributed by atoms with Crippen LogP contribution in [-0.2, 0) is 6.42 Å². The van der Waals surface area contributed by atoms with Gasteiger partial charge in [0.1, 0.15) is 0 Å². The molecule has 0 radical (unpaired) electrons. The van der Waals surface area contributed by atoms with E-state index < -0.39 is 5.82 Å². The highest BCUT2D eigenvalue weighted by molar-refractivity contribution is 9.10. The Labute approximate surface area is 119 Å². The van der Waals surface area contributed by atoms with Crippen molar-refractivity contribution < 1.29 is 13.9 Å². The van der Waals surface area contributed by atoms with Crippen molar-refractivity contribution in [2.75, 3.05) is 7.11 Å². The second kappa shape index (κ2) is 5.97. The number of rotatable bonds is 4. The second-order valence-electron chi connectivity index (χ2n) is 4.08. The first-order chi connectivity index (χ1) is 9.10. The second-order valence-corrected chi connectivity index (χ2v) is 4.99. The molecule has 0 aromatic heterocycles. The number of carbonyl (C=O) groups excluding carboxylic acids is 1. The minimum absolute atomic E-state index is 0.0444. The van der Waals surface area contributed by atoms with Gasteiger partial charge in [-0.25, -0.2) is 4.39 Å². The Balaban J connectivity index is 2.14. The summed E-state index contributed by atoms with van der Waals surface area (Å²) in [4.78, 5) is 12.0. The molecular formula is C15H12BrFO2. The van der Waals surface area contributed by atoms with Gasteiger partial charge < -0.3 is 4.74 Å². The fourth-order valence-electron chi connectivity index (χ4n) is 1.74. The Morgan fingerprint density at radius 1 is 1.21 bits per heavy atom. The summed E-state index contributed by atoms with van der Waals surface area (Å²) < 4.78 is 19.3. The topological polar surface area (TPSA) is 26.3 Å². The number of halogens is 2. The third kappa shape index (κ3) is 3.41. The van der Waals surface area contributed by atoms with Gasteiger partial charge in [0, 0.05) is 16.5 Å². The molecule has 2 rings (SSSR count). The van der Waals surface area contributed by atoms with Crippen molar-refractivity contribution in [1.29, 1.82) is 0 Å². The van der Waals surface area contributed by atoms with Crippen molar-refractivity contribution in [1.82, 2.24) is 0 Å². The first-order valence-electron chi connectivity index (χ1n) is 5.71. The molecule has 19 heavy (non-hydrogen) atoms. The van der Waals surface area contributed by atoms with E-state index in [-0.39, 0.29) is 18.0 Å². The lowest BCUT2D eigenvalue weighted by molar-refractivity contribution is 0.0993. The van der Waals surface area contributed by atoms with Gasteiger partial charge in [0.25, 0.3) is 0 Å². The van der Waals surface area contributed by atoms with E-state index in [4.69, 9.17) is 4.74 Å². The number of ether oxygens (including phenoxy) is 1. The molecule has 0 spiro atoms. The lowest BCUT2D eigenvalue weighted by atomic mass is 10.0. The van der Waals surface area contributed by atoms with E-state index in [1.165, 1.54) is 19.2 Å². The monoisotopic (exact) mass is 322 g/mol. The van der Waals surface area contributed by atoms with Gasteiger partial charge >= 0.3 is 0 Å². The quantitative estimate of drug-likeness (QED) is 0.795. The van der Waals surface area contributed by atoms with Crippen LogP contribution in [0.1, 0.15) is 15.9 Å². The van der Waals surface area contributed by atoms with Crippen LogP contribution in [0.3, 0.4) is 0 Å². The molecule has 0 amide bonds. The van der Waals surface area contributed by atoms with Crippen LogP contribution < -0.4 is 4.74 Å². The molecule has 0 saturated carbocycles. The van der Waals surface area contributed by atoms with Gasteiger partial charge in [0.15, 0.2) is 17.3 Å². The summed E-state index contributed by atoms with van der Waals surface area (Å²) in [7, 11) is 1.41. The summed E-state index contributed by atoms with van der Waals surface area (Å²) in [6, 6.07) is 11.6. The summed E-state index contributed by atoms with van der Waals surface area (Å²) in [5, 5.41) is 0. The van der Waals surface area contributed by atoms with Crippen LogP contribution in [0.4, 0.5) is 4.39 Å². The van der Waals surface area contributed by atoms with E-state index in [2.05, 4.69) is 15.9 Å². The number of benzene rings is 2. The molecule has 0 atom stereocenters. The molecule has 0 heterocycles. The van der Waals surface area contributed by atoms with E-state index in [9.17, 15) is 9.18 Å². The lowest BCUT2D eigenvalue weighted by Crippen LogP contribution is -2.04. The first-order valence-corrected chi connectivity index (χ1v) is 6.50. The minimum atomic E-state index is -0.455. The Bertz CT molecular complexity index is 594. The smallest absolute Gasteiger partial charge is 0.167 e. The number of hydrogen-bond donors (Lipinski definition) is 0. The number of hydrogen-bond acceptors (Lipinski definition) is 2. The zero-order chi connectivity index (χ0) is 13.8. The lowest BCUT2D eigenvalue weighted by Gasteiger charge is -2.05. The predicted molar refractivity (Wildman–Crippen MR) is 75.1 cm³/mol. The van der Waals surface area contributed by atoms with Crippen LogP contribution in [0.2, 0.25) is 0 Å². The summed E-state index contributed by atoms with van der Waals surface area (Å²) in [5.74, 6) is -0.319. The molecule has 0 unspecified atom stereocenters. The highest BCUT2D eigenvalue weighted by atomic mass is 79.9. The van der Waals surface area contributed by atoms with Gasteiger partial charge in [-0.3, -0.25) is 4.79 Å². The standard InChI is InChI=1S/C15H12BrFO2/c1-19-15-7-2-10(8-13(15)17)9-14(18)11-3-5-12(16)6-4-11/h2-8H,9H2,1H3. The highest BCUT2D eigenvalue weighted by Crippen LogP contribution is 2.19. The minimum Gasteiger partial charge on any atom is -0.494 e.